The topological polar surface area (TPSA) is 102 Å². The molecule has 35 heavy (non-hydrogen) atoms. The van der Waals surface area contributed by atoms with Crippen molar-refractivity contribution >= 4 is 17.7 Å². The van der Waals surface area contributed by atoms with Crippen LogP contribution >= 0.6 is 0 Å². The number of rotatable bonds is 7. The Morgan fingerprint density at radius 2 is 1.63 bits per heavy atom. The minimum Gasteiger partial charge on any atom is -0.481 e. The molecular formula is C28H30N2O5. The van der Waals surface area contributed by atoms with Gasteiger partial charge in [-0.25, -0.2) is 4.79 Å². The molecule has 0 saturated heterocycles. The van der Waals surface area contributed by atoms with Gasteiger partial charge in [0.15, 0.2) is 5.76 Å². The summed E-state index contributed by atoms with van der Waals surface area (Å²) in [7, 11) is 0. The smallest absolute Gasteiger partial charge is 0.412 e. The number of carbonyl (C=O) groups excluding carboxylic acids is 1. The van der Waals surface area contributed by atoms with Crippen molar-refractivity contribution in [3.05, 3.63) is 83.2 Å². The number of aromatic nitrogens is 1. The van der Waals surface area contributed by atoms with Gasteiger partial charge in [0.25, 0.3) is 0 Å². The van der Waals surface area contributed by atoms with Crippen LogP contribution in [-0.2, 0) is 26.8 Å². The van der Waals surface area contributed by atoms with E-state index in [0.717, 1.165) is 55.4 Å². The van der Waals surface area contributed by atoms with Crippen LogP contribution in [0, 0.1) is 0 Å². The van der Waals surface area contributed by atoms with Crippen molar-refractivity contribution in [3.63, 3.8) is 0 Å². The molecule has 0 radical (unpaired) electrons. The number of nitrogens with zero attached hydrogens (tertiary/aromatic N) is 1. The van der Waals surface area contributed by atoms with Gasteiger partial charge < -0.3 is 14.4 Å². The van der Waals surface area contributed by atoms with Crippen molar-refractivity contribution in [2.24, 2.45) is 0 Å². The number of nitrogens with one attached hydrogen (secondary N) is 1. The fourth-order valence-corrected chi connectivity index (χ4v) is 5.91. The van der Waals surface area contributed by atoms with Gasteiger partial charge in [0.2, 0.25) is 0 Å². The number of carbonyl (C=O) groups is 2. The standard InChI is InChI=1S/C28H30N2O5/c1-19(21-5-3-2-4-6-21)34-26(33)30-23-18-29-35-25(23)28-14-11-27(12-15-28,13-16-28)22-9-7-20(8-10-22)17-24(31)32/h2-10,18-19H,11-17H2,1H3,(H,30,33)(H,31,32). The van der Waals surface area contributed by atoms with Gasteiger partial charge in [0.05, 0.1) is 12.6 Å². The first-order valence-corrected chi connectivity index (χ1v) is 12.2. The third-order valence-corrected chi connectivity index (χ3v) is 8.01. The van der Waals surface area contributed by atoms with Gasteiger partial charge in [-0.15, -0.1) is 0 Å². The fourth-order valence-electron chi connectivity index (χ4n) is 5.91. The molecule has 182 valence electrons. The second kappa shape index (κ2) is 9.21. The summed E-state index contributed by atoms with van der Waals surface area (Å²) in [5, 5.41) is 15.9. The molecule has 6 rings (SSSR count). The molecule has 1 aromatic heterocycles. The lowest BCUT2D eigenvalue weighted by Gasteiger charge is -2.53. The zero-order valence-electron chi connectivity index (χ0n) is 19.8. The molecule has 2 bridgehead atoms. The van der Waals surface area contributed by atoms with E-state index in [4.69, 9.17) is 14.4 Å². The highest BCUT2D eigenvalue weighted by Gasteiger charge is 2.52. The summed E-state index contributed by atoms with van der Waals surface area (Å²) in [6.07, 6.45) is 6.60. The molecule has 3 aromatic rings. The van der Waals surface area contributed by atoms with Crippen LogP contribution in [0.1, 0.15) is 74.0 Å². The number of hydrogen-bond donors (Lipinski definition) is 2. The minimum atomic E-state index is -0.814. The van der Waals surface area contributed by atoms with Gasteiger partial charge in [-0.3, -0.25) is 10.1 Å². The van der Waals surface area contributed by atoms with Crippen molar-refractivity contribution in [2.45, 2.75) is 68.8 Å². The van der Waals surface area contributed by atoms with E-state index in [1.54, 1.807) is 6.20 Å². The van der Waals surface area contributed by atoms with Crippen molar-refractivity contribution in [3.8, 4) is 0 Å². The molecule has 0 spiro atoms. The predicted molar refractivity (Wildman–Crippen MR) is 130 cm³/mol. The van der Waals surface area contributed by atoms with Crippen LogP contribution in [-0.4, -0.2) is 22.3 Å². The summed E-state index contributed by atoms with van der Waals surface area (Å²) < 4.78 is 11.3. The number of amides is 1. The lowest BCUT2D eigenvalue weighted by molar-refractivity contribution is -0.136. The number of hydrogen-bond acceptors (Lipinski definition) is 5. The zero-order valence-corrected chi connectivity index (χ0v) is 19.8. The summed E-state index contributed by atoms with van der Waals surface area (Å²) in [6, 6.07) is 17.7. The highest BCUT2D eigenvalue weighted by atomic mass is 16.6. The van der Waals surface area contributed by atoms with E-state index in [2.05, 4.69) is 22.6 Å². The molecule has 3 fully saturated rings. The Hall–Kier alpha value is -3.61. The molecule has 7 nitrogen and oxygen atoms in total. The van der Waals surface area contributed by atoms with Crippen LogP contribution in [0.3, 0.4) is 0 Å². The van der Waals surface area contributed by atoms with Crippen LogP contribution in [0.4, 0.5) is 10.5 Å². The van der Waals surface area contributed by atoms with Gasteiger partial charge in [0.1, 0.15) is 11.8 Å². The maximum atomic E-state index is 12.6. The number of fused-ring (bicyclic) bond motifs is 3. The van der Waals surface area contributed by atoms with Crippen LogP contribution in [0.25, 0.3) is 0 Å². The number of ether oxygens (including phenoxy) is 1. The lowest BCUT2D eigenvalue weighted by Crippen LogP contribution is -2.46. The van der Waals surface area contributed by atoms with E-state index in [9.17, 15) is 9.59 Å². The van der Waals surface area contributed by atoms with E-state index >= 15 is 0 Å². The first-order valence-electron chi connectivity index (χ1n) is 12.2. The molecule has 3 aliphatic rings. The monoisotopic (exact) mass is 474 g/mol. The van der Waals surface area contributed by atoms with Crippen LogP contribution < -0.4 is 5.32 Å². The van der Waals surface area contributed by atoms with E-state index in [1.807, 2.05) is 49.4 Å². The SMILES string of the molecule is CC(OC(=O)Nc1cnoc1C12CCC(c3ccc(CC(=O)O)cc3)(CC1)CC2)c1ccccc1. The molecular weight excluding hydrogens is 444 g/mol. The van der Waals surface area contributed by atoms with Gasteiger partial charge in [-0.2, -0.15) is 0 Å². The summed E-state index contributed by atoms with van der Waals surface area (Å²) in [5.74, 6) is -0.0715. The second-order valence-corrected chi connectivity index (χ2v) is 9.98. The second-order valence-electron chi connectivity index (χ2n) is 9.98. The van der Waals surface area contributed by atoms with Crippen molar-refractivity contribution in [2.75, 3.05) is 5.32 Å². The van der Waals surface area contributed by atoms with Gasteiger partial charge in [-0.1, -0.05) is 59.8 Å². The lowest BCUT2D eigenvalue weighted by atomic mass is 9.51. The summed E-state index contributed by atoms with van der Waals surface area (Å²) in [5.41, 5.74) is 3.59. The normalized spacial score (nSPS) is 24.0. The Balaban J connectivity index is 1.26. The van der Waals surface area contributed by atoms with Crippen LogP contribution in [0.2, 0.25) is 0 Å². The largest absolute Gasteiger partial charge is 0.481 e. The fraction of sp³-hybridized carbons (Fsp3) is 0.393. The number of carboxylic acids is 1. The molecule has 3 saturated carbocycles. The third kappa shape index (κ3) is 4.55. The molecule has 1 unspecified atom stereocenters. The predicted octanol–water partition coefficient (Wildman–Crippen LogP) is 6.16. The Kier molecular flexibility index (Phi) is 6.09. The molecule has 1 heterocycles. The first-order chi connectivity index (χ1) is 16.9. The number of aliphatic carboxylic acids is 1. The van der Waals surface area contributed by atoms with Gasteiger partial charge in [0, 0.05) is 5.41 Å². The Morgan fingerprint density at radius 3 is 2.26 bits per heavy atom. The molecule has 7 heteroatoms. The summed E-state index contributed by atoms with van der Waals surface area (Å²) in [4.78, 5) is 23.6. The highest BCUT2D eigenvalue weighted by Crippen LogP contribution is 2.59. The quantitative estimate of drug-likeness (QED) is 0.426. The zero-order chi connectivity index (χ0) is 24.5. The van der Waals surface area contributed by atoms with Gasteiger partial charge in [-0.05, 0) is 67.6 Å². The average molecular weight is 475 g/mol. The molecule has 0 aliphatic heterocycles. The number of carboxylic acid groups (broad SMARTS) is 1. The molecule has 3 aliphatic carbocycles. The number of benzene rings is 2. The van der Waals surface area contributed by atoms with E-state index in [0.29, 0.717) is 5.69 Å². The van der Waals surface area contributed by atoms with Crippen LogP contribution in [0.15, 0.2) is 65.3 Å². The Labute approximate surface area is 204 Å². The molecule has 1 amide bonds. The van der Waals surface area contributed by atoms with Crippen molar-refractivity contribution in [1.29, 1.82) is 0 Å². The van der Waals surface area contributed by atoms with Crippen LogP contribution in [0.5, 0.6) is 0 Å². The van der Waals surface area contributed by atoms with E-state index in [-0.39, 0.29) is 23.4 Å². The minimum absolute atomic E-state index is 0.0459. The third-order valence-electron chi connectivity index (χ3n) is 8.01. The average Bonchev–Trinajstić information content (AvgIpc) is 3.34. The summed E-state index contributed by atoms with van der Waals surface area (Å²) >= 11 is 0. The van der Waals surface area contributed by atoms with Crippen molar-refractivity contribution < 1.29 is 24.0 Å². The maximum absolute atomic E-state index is 12.6. The van der Waals surface area contributed by atoms with Crippen molar-refractivity contribution in [1.82, 2.24) is 5.16 Å². The first kappa shape index (κ1) is 23.1. The molecule has 2 aromatic carbocycles. The van der Waals surface area contributed by atoms with E-state index in [1.165, 1.54) is 5.56 Å². The van der Waals surface area contributed by atoms with Gasteiger partial charge >= 0.3 is 12.1 Å². The maximum Gasteiger partial charge on any atom is 0.412 e. The summed E-state index contributed by atoms with van der Waals surface area (Å²) in [6.45, 7) is 1.85. The molecule has 2 N–H and O–H groups in total. The number of anilines is 1. The highest BCUT2D eigenvalue weighted by molar-refractivity contribution is 5.85. The molecule has 1 atom stereocenters. The Bertz CT molecular complexity index is 1180. The van der Waals surface area contributed by atoms with E-state index < -0.39 is 12.1 Å². The Morgan fingerprint density at radius 1 is 1.00 bits per heavy atom.